The highest BCUT2D eigenvalue weighted by Crippen LogP contribution is 2.34. The molecule has 4 rings (SSSR count). The number of amides is 1. The molecule has 3 aromatic rings. The van der Waals surface area contributed by atoms with Gasteiger partial charge in [-0.05, 0) is 73.0 Å². The number of carbonyl (C=O) groups is 1. The van der Waals surface area contributed by atoms with Crippen molar-refractivity contribution in [2.45, 2.75) is 17.7 Å². The molecular weight excluding hydrogens is 464 g/mol. The summed E-state index contributed by atoms with van der Waals surface area (Å²) in [5, 5.41) is 0.557. The van der Waals surface area contributed by atoms with Crippen molar-refractivity contribution in [3.8, 4) is 11.5 Å². The number of nitrogens with one attached hydrogen (secondary N) is 1. The maximum atomic E-state index is 13.1. The molecule has 1 N–H and O–H groups in total. The Labute approximate surface area is 197 Å². The molecule has 172 valence electrons. The maximum Gasteiger partial charge on any atom is 0.262 e. The van der Waals surface area contributed by atoms with Crippen LogP contribution in [0.2, 0.25) is 5.02 Å². The molecule has 1 aliphatic rings. The topological polar surface area (TPSA) is 84.9 Å². The number of carbonyl (C=O) groups excluding carboxylic acids is 1. The van der Waals surface area contributed by atoms with Crippen LogP contribution in [0.25, 0.3) is 0 Å². The lowest BCUT2D eigenvalue weighted by molar-refractivity contribution is 0.0985. The molecule has 0 atom stereocenters. The molecule has 1 amide bonds. The van der Waals surface area contributed by atoms with E-state index in [2.05, 4.69) is 4.72 Å². The fourth-order valence-corrected chi connectivity index (χ4v) is 5.03. The summed E-state index contributed by atoms with van der Waals surface area (Å²) in [4.78, 5) is 14.8. The van der Waals surface area contributed by atoms with E-state index in [1.807, 2.05) is 0 Å². The van der Waals surface area contributed by atoms with Crippen LogP contribution < -0.4 is 19.1 Å². The van der Waals surface area contributed by atoms with Gasteiger partial charge in [0.2, 0.25) is 0 Å². The number of nitrogens with zero attached hydrogens (tertiary/aromatic N) is 1. The molecule has 33 heavy (non-hydrogen) atoms. The molecule has 0 bridgehead atoms. The Morgan fingerprint density at radius 1 is 1.00 bits per heavy atom. The Hall–Kier alpha value is -3.23. The molecule has 0 saturated heterocycles. The van der Waals surface area contributed by atoms with Crippen LogP contribution in [-0.4, -0.2) is 35.1 Å². The van der Waals surface area contributed by atoms with Crippen molar-refractivity contribution in [1.82, 2.24) is 0 Å². The Balaban J connectivity index is 1.62. The van der Waals surface area contributed by atoms with E-state index in [0.29, 0.717) is 46.4 Å². The van der Waals surface area contributed by atoms with Gasteiger partial charge in [0.1, 0.15) is 11.5 Å². The first-order chi connectivity index (χ1) is 15.8. The lowest BCUT2D eigenvalue weighted by atomic mass is 10.0. The van der Waals surface area contributed by atoms with Crippen molar-refractivity contribution in [2.75, 3.05) is 30.4 Å². The molecule has 3 aromatic carbocycles. The summed E-state index contributed by atoms with van der Waals surface area (Å²) in [6, 6.07) is 16.4. The van der Waals surface area contributed by atoms with Gasteiger partial charge in [0.15, 0.2) is 0 Å². The van der Waals surface area contributed by atoms with Crippen molar-refractivity contribution in [3.63, 3.8) is 0 Å². The molecule has 0 aliphatic carbocycles. The summed E-state index contributed by atoms with van der Waals surface area (Å²) in [7, 11) is -0.906. The number of methoxy groups -OCH3 is 2. The zero-order chi connectivity index (χ0) is 23.6. The summed E-state index contributed by atoms with van der Waals surface area (Å²) >= 11 is 5.93. The van der Waals surface area contributed by atoms with Gasteiger partial charge in [-0.2, -0.15) is 0 Å². The number of ether oxygens (including phenoxy) is 2. The fourth-order valence-electron chi connectivity index (χ4n) is 3.79. The van der Waals surface area contributed by atoms with E-state index in [0.717, 1.165) is 12.0 Å². The van der Waals surface area contributed by atoms with E-state index in [-0.39, 0.29) is 10.8 Å². The molecule has 9 heteroatoms. The van der Waals surface area contributed by atoms with Crippen molar-refractivity contribution in [2.24, 2.45) is 0 Å². The number of fused-ring (bicyclic) bond motifs is 1. The van der Waals surface area contributed by atoms with E-state index in [9.17, 15) is 13.2 Å². The number of benzene rings is 3. The maximum absolute atomic E-state index is 13.1. The molecule has 7 nitrogen and oxygen atoms in total. The third kappa shape index (κ3) is 4.77. The Morgan fingerprint density at radius 2 is 1.76 bits per heavy atom. The average Bonchev–Trinajstić information content (AvgIpc) is 2.83. The second-order valence-corrected chi connectivity index (χ2v) is 9.65. The highest BCUT2D eigenvalue weighted by molar-refractivity contribution is 7.92. The van der Waals surface area contributed by atoms with Crippen LogP contribution in [0.1, 0.15) is 22.3 Å². The first kappa shape index (κ1) is 22.9. The number of rotatable bonds is 6. The summed E-state index contributed by atoms with van der Waals surface area (Å²) in [6.07, 6.45) is 1.41. The Morgan fingerprint density at radius 3 is 2.45 bits per heavy atom. The minimum absolute atomic E-state index is 0.111. The number of aryl methyl sites for hydroxylation is 1. The lowest BCUT2D eigenvalue weighted by Gasteiger charge is -2.30. The number of halogens is 1. The molecule has 0 fully saturated rings. The SMILES string of the molecule is COc1ccc(NS(=O)(=O)c2ccc3c(c2)CCCN3C(=O)c2ccc(Cl)cc2)c(OC)c1. The number of hydrogen-bond donors (Lipinski definition) is 1. The highest BCUT2D eigenvalue weighted by Gasteiger charge is 2.26. The van der Waals surface area contributed by atoms with Gasteiger partial charge in [-0.25, -0.2) is 8.42 Å². The van der Waals surface area contributed by atoms with Gasteiger partial charge < -0.3 is 14.4 Å². The fraction of sp³-hybridized carbons (Fsp3) is 0.208. The Bertz CT molecular complexity index is 1290. The quantitative estimate of drug-likeness (QED) is 0.543. The first-order valence-electron chi connectivity index (χ1n) is 10.3. The lowest BCUT2D eigenvalue weighted by Crippen LogP contribution is -2.35. The molecule has 0 radical (unpaired) electrons. The summed E-state index contributed by atoms with van der Waals surface area (Å²) in [5.74, 6) is 0.744. The number of anilines is 2. The van der Waals surface area contributed by atoms with Crippen LogP contribution in [0.15, 0.2) is 65.6 Å². The minimum Gasteiger partial charge on any atom is -0.497 e. The zero-order valence-electron chi connectivity index (χ0n) is 18.2. The predicted molar refractivity (Wildman–Crippen MR) is 128 cm³/mol. The number of sulfonamides is 1. The first-order valence-corrected chi connectivity index (χ1v) is 12.1. The van der Waals surface area contributed by atoms with Crippen LogP contribution in [0.5, 0.6) is 11.5 Å². The second kappa shape index (κ2) is 9.33. The average molecular weight is 487 g/mol. The van der Waals surface area contributed by atoms with Crippen molar-refractivity contribution in [3.05, 3.63) is 76.8 Å². The van der Waals surface area contributed by atoms with E-state index in [4.69, 9.17) is 21.1 Å². The molecule has 0 unspecified atom stereocenters. The van der Waals surface area contributed by atoms with Crippen LogP contribution >= 0.6 is 11.6 Å². The van der Waals surface area contributed by atoms with E-state index in [1.54, 1.807) is 59.5 Å². The molecule has 0 aromatic heterocycles. The van der Waals surface area contributed by atoms with E-state index >= 15 is 0 Å². The third-order valence-corrected chi connectivity index (χ3v) is 7.08. The van der Waals surface area contributed by atoms with Crippen LogP contribution in [0.3, 0.4) is 0 Å². The minimum atomic E-state index is -3.88. The van der Waals surface area contributed by atoms with Gasteiger partial charge in [0.05, 0.1) is 24.8 Å². The zero-order valence-corrected chi connectivity index (χ0v) is 19.7. The van der Waals surface area contributed by atoms with Gasteiger partial charge in [-0.15, -0.1) is 0 Å². The van der Waals surface area contributed by atoms with Crippen LogP contribution in [0, 0.1) is 0 Å². The third-order valence-electron chi connectivity index (χ3n) is 5.47. The van der Waals surface area contributed by atoms with Crippen molar-refractivity contribution in [1.29, 1.82) is 0 Å². The van der Waals surface area contributed by atoms with E-state index < -0.39 is 10.0 Å². The van der Waals surface area contributed by atoms with Crippen molar-refractivity contribution < 1.29 is 22.7 Å². The molecule has 0 saturated carbocycles. The Kier molecular flexibility index (Phi) is 6.49. The van der Waals surface area contributed by atoms with Gasteiger partial charge in [-0.1, -0.05) is 11.6 Å². The number of hydrogen-bond acceptors (Lipinski definition) is 5. The van der Waals surface area contributed by atoms with Gasteiger partial charge >= 0.3 is 0 Å². The molecule has 1 aliphatic heterocycles. The smallest absolute Gasteiger partial charge is 0.262 e. The summed E-state index contributed by atoms with van der Waals surface area (Å²) in [5.41, 5.74) is 2.34. The molecule has 1 heterocycles. The van der Waals surface area contributed by atoms with Crippen LogP contribution in [-0.2, 0) is 16.4 Å². The predicted octanol–water partition coefficient (Wildman–Crippen LogP) is 4.75. The van der Waals surface area contributed by atoms with Crippen molar-refractivity contribution >= 4 is 38.9 Å². The normalized spacial score (nSPS) is 13.2. The second-order valence-electron chi connectivity index (χ2n) is 7.53. The highest BCUT2D eigenvalue weighted by atomic mass is 35.5. The van der Waals surface area contributed by atoms with Gasteiger partial charge in [-0.3, -0.25) is 9.52 Å². The van der Waals surface area contributed by atoms with Gasteiger partial charge in [0, 0.05) is 28.9 Å². The largest absolute Gasteiger partial charge is 0.497 e. The monoisotopic (exact) mass is 486 g/mol. The summed E-state index contributed by atoms with van der Waals surface area (Å²) in [6.45, 7) is 0.557. The van der Waals surface area contributed by atoms with E-state index in [1.165, 1.54) is 20.3 Å². The van der Waals surface area contributed by atoms with Gasteiger partial charge in [0.25, 0.3) is 15.9 Å². The molecular formula is C24H23ClN2O5S. The van der Waals surface area contributed by atoms with Crippen LogP contribution in [0.4, 0.5) is 11.4 Å². The standard InChI is InChI=1S/C24H23ClN2O5S/c1-31-19-9-11-21(23(15-19)32-2)26-33(29,30)20-10-12-22-17(14-20)4-3-13-27(22)24(28)16-5-7-18(25)8-6-16/h5-12,14-15,26H,3-4,13H2,1-2H3. The molecule has 0 spiro atoms. The summed E-state index contributed by atoms with van der Waals surface area (Å²) < 4.78 is 39.2.